The molecular weight excluding hydrogens is 584 g/mol. The van der Waals surface area contributed by atoms with Crippen LogP contribution in [0.25, 0.3) is 16.5 Å². The first-order valence-corrected chi connectivity index (χ1v) is 13.5. The number of carbonyl (C=O) groups excluding carboxylic acids is 3. The molecule has 1 N–H and O–H groups in total. The molecule has 0 bridgehead atoms. The van der Waals surface area contributed by atoms with Crippen LogP contribution in [0.3, 0.4) is 0 Å². The molecule has 0 aliphatic carbocycles. The van der Waals surface area contributed by atoms with Crippen molar-refractivity contribution in [1.29, 1.82) is 0 Å². The monoisotopic (exact) mass is 606 g/mol. The minimum absolute atomic E-state index is 0.298. The number of rotatable bonds is 5. The van der Waals surface area contributed by atoms with Crippen molar-refractivity contribution in [2.24, 2.45) is 0 Å². The van der Waals surface area contributed by atoms with Gasteiger partial charge in [0.1, 0.15) is 12.1 Å². The molecule has 1 unspecified atom stereocenters. The molecule has 1 atom stereocenters. The number of aromatic nitrogens is 3. The normalized spacial score (nSPS) is 20.3. The molecule has 3 heterocycles. The average Bonchev–Trinajstić information content (AvgIpc) is 3.48. The third kappa shape index (κ3) is 4.28. The highest BCUT2D eigenvalue weighted by Gasteiger charge is 2.51. The highest BCUT2D eigenvalue weighted by atomic mass is 79.9. The van der Waals surface area contributed by atoms with Crippen molar-refractivity contribution in [2.45, 2.75) is 24.8 Å². The third-order valence-corrected chi connectivity index (χ3v) is 8.82. The predicted octanol–water partition coefficient (Wildman–Crippen LogP) is 4.40. The zero-order chi connectivity index (χ0) is 27.5. The Hall–Kier alpha value is -3.76. The van der Waals surface area contributed by atoms with Gasteiger partial charge in [-0.2, -0.15) is 0 Å². The van der Waals surface area contributed by atoms with Crippen molar-refractivity contribution < 1.29 is 14.4 Å². The maximum Gasteiger partial charge on any atom is 0.325 e. The molecule has 1 aromatic heterocycles. The maximum atomic E-state index is 13.4. The summed E-state index contributed by atoms with van der Waals surface area (Å²) in [6.07, 6.45) is 1.84. The summed E-state index contributed by atoms with van der Waals surface area (Å²) in [6, 6.07) is 18.4. The van der Waals surface area contributed by atoms with Crippen molar-refractivity contribution in [3.05, 3.63) is 87.6 Å². The van der Waals surface area contributed by atoms with Crippen LogP contribution in [0.5, 0.6) is 0 Å². The lowest BCUT2D eigenvalue weighted by atomic mass is 9.79. The lowest BCUT2D eigenvalue weighted by molar-refractivity contribution is -0.143. The molecule has 11 heteroatoms. The molecule has 2 saturated heterocycles. The number of hydrogen-bond acceptors (Lipinski definition) is 5. The second-order valence-electron chi connectivity index (χ2n) is 10.5. The first kappa shape index (κ1) is 25.5. The van der Waals surface area contributed by atoms with Crippen molar-refractivity contribution >= 4 is 56.1 Å². The fourth-order valence-electron chi connectivity index (χ4n) is 5.20. The number of likely N-dealkylation sites (tertiary alicyclic amines) is 1. The highest BCUT2D eigenvalue weighted by molar-refractivity contribution is 9.10. The first-order valence-electron chi connectivity index (χ1n) is 12.4. The molecule has 0 saturated carbocycles. The summed E-state index contributed by atoms with van der Waals surface area (Å²) in [5, 5.41) is 14.0. The van der Waals surface area contributed by atoms with Crippen molar-refractivity contribution in [2.75, 3.05) is 19.6 Å². The van der Waals surface area contributed by atoms with Gasteiger partial charge in [-0.1, -0.05) is 60.1 Å². The average molecular weight is 608 g/mol. The Balaban J connectivity index is 1.13. The van der Waals surface area contributed by atoms with Crippen LogP contribution in [0, 0.1) is 0 Å². The zero-order valence-electron chi connectivity index (χ0n) is 21.2. The second kappa shape index (κ2) is 9.17. The Morgan fingerprint density at radius 1 is 1.05 bits per heavy atom. The number of halogens is 2. The second-order valence-corrected chi connectivity index (χ2v) is 11.7. The van der Waals surface area contributed by atoms with E-state index in [1.807, 2.05) is 67.7 Å². The zero-order valence-corrected chi connectivity index (χ0v) is 23.5. The smallest absolute Gasteiger partial charge is 0.325 e. The summed E-state index contributed by atoms with van der Waals surface area (Å²) in [5.74, 6) is -0.746. The van der Waals surface area contributed by atoms with Gasteiger partial charge in [-0.25, -0.2) is 9.48 Å². The van der Waals surface area contributed by atoms with E-state index in [0.717, 1.165) is 31.5 Å². The number of urea groups is 1. The number of amides is 4. The van der Waals surface area contributed by atoms with Crippen molar-refractivity contribution in [3.8, 4) is 5.69 Å². The summed E-state index contributed by atoms with van der Waals surface area (Å²) in [6.45, 7) is 4.16. The third-order valence-electron chi connectivity index (χ3n) is 7.61. The van der Waals surface area contributed by atoms with E-state index in [1.165, 1.54) is 0 Å². The number of hydrogen-bond donors (Lipinski definition) is 1. The standard InChI is InChI=1S/C28H24BrClN6O3/c1-27(23-13-36(33-32-23)20-9-10-22(30)21(29)12-20)15-34(16-27)24(37)14-35-25(38)28(2,31-26(35)39)19-8-7-17-5-3-4-6-18(17)11-19/h3-13H,14-16H2,1-2H3,(H,31,39). The largest absolute Gasteiger partial charge is 0.339 e. The lowest BCUT2D eigenvalue weighted by Gasteiger charge is -2.47. The summed E-state index contributed by atoms with van der Waals surface area (Å²) in [4.78, 5) is 42.0. The van der Waals surface area contributed by atoms with E-state index in [0.29, 0.717) is 23.7 Å². The minimum Gasteiger partial charge on any atom is -0.339 e. The van der Waals surface area contributed by atoms with Gasteiger partial charge in [0.2, 0.25) is 5.91 Å². The number of imide groups is 1. The molecule has 2 fully saturated rings. The van der Waals surface area contributed by atoms with E-state index in [2.05, 4.69) is 31.6 Å². The SMILES string of the molecule is CC1(c2cn(-c3ccc(Cl)c(Br)c3)nn2)CN(C(=O)CN2C(=O)NC(C)(c3ccc4ccccc4c3)C2=O)C1. The Kier molecular flexibility index (Phi) is 6.00. The number of nitrogens with zero attached hydrogens (tertiary/aromatic N) is 5. The molecule has 39 heavy (non-hydrogen) atoms. The molecule has 2 aliphatic heterocycles. The molecule has 0 spiro atoms. The molecule has 0 radical (unpaired) electrons. The summed E-state index contributed by atoms with van der Waals surface area (Å²) >= 11 is 9.51. The Morgan fingerprint density at radius 3 is 2.54 bits per heavy atom. The quantitative estimate of drug-likeness (QED) is 0.339. The van der Waals surface area contributed by atoms with Crippen LogP contribution >= 0.6 is 27.5 Å². The van der Waals surface area contributed by atoms with Gasteiger partial charge in [-0.15, -0.1) is 5.10 Å². The van der Waals surface area contributed by atoms with Gasteiger partial charge >= 0.3 is 6.03 Å². The number of fused-ring (bicyclic) bond motifs is 1. The molecule has 6 rings (SSSR count). The van der Waals surface area contributed by atoms with Gasteiger partial charge in [0.25, 0.3) is 5.91 Å². The van der Waals surface area contributed by atoms with Crippen LogP contribution in [0.15, 0.2) is 71.3 Å². The number of carbonyl (C=O) groups is 3. The molecule has 9 nitrogen and oxygen atoms in total. The van der Waals surface area contributed by atoms with E-state index >= 15 is 0 Å². The van der Waals surface area contributed by atoms with E-state index in [1.54, 1.807) is 22.6 Å². The Morgan fingerprint density at radius 2 is 1.79 bits per heavy atom. The summed E-state index contributed by atoms with van der Waals surface area (Å²) in [5.41, 5.74) is 0.571. The Labute approximate surface area is 237 Å². The predicted molar refractivity (Wildman–Crippen MR) is 150 cm³/mol. The van der Waals surface area contributed by atoms with Gasteiger partial charge in [-0.3, -0.25) is 14.5 Å². The van der Waals surface area contributed by atoms with Gasteiger partial charge < -0.3 is 10.2 Å². The molecule has 3 aromatic carbocycles. The van der Waals surface area contributed by atoms with E-state index < -0.39 is 22.9 Å². The van der Waals surface area contributed by atoms with Gasteiger partial charge in [-0.05, 0) is 63.5 Å². The first-order chi connectivity index (χ1) is 18.6. The fourth-order valence-corrected chi connectivity index (χ4v) is 5.68. The lowest BCUT2D eigenvalue weighted by Crippen LogP contribution is -2.61. The van der Waals surface area contributed by atoms with Gasteiger partial charge in [0.15, 0.2) is 0 Å². The van der Waals surface area contributed by atoms with Crippen LogP contribution in [-0.4, -0.2) is 62.3 Å². The van der Waals surface area contributed by atoms with Crippen molar-refractivity contribution in [3.63, 3.8) is 0 Å². The van der Waals surface area contributed by atoms with E-state index in [9.17, 15) is 14.4 Å². The van der Waals surface area contributed by atoms with Crippen LogP contribution in [0.2, 0.25) is 5.02 Å². The van der Waals surface area contributed by atoms with Crippen LogP contribution in [0.4, 0.5) is 4.79 Å². The van der Waals surface area contributed by atoms with Gasteiger partial charge in [0, 0.05) is 23.0 Å². The van der Waals surface area contributed by atoms with Crippen LogP contribution < -0.4 is 5.32 Å². The van der Waals surface area contributed by atoms with E-state index in [4.69, 9.17) is 11.6 Å². The molecule has 2 aliphatic rings. The van der Waals surface area contributed by atoms with Crippen molar-refractivity contribution in [1.82, 2.24) is 30.1 Å². The van der Waals surface area contributed by atoms with Crippen LogP contribution in [-0.2, 0) is 20.5 Å². The maximum absolute atomic E-state index is 13.4. The molecule has 4 amide bonds. The van der Waals surface area contributed by atoms with E-state index in [-0.39, 0.29) is 12.5 Å². The molecule has 198 valence electrons. The minimum atomic E-state index is -1.25. The highest BCUT2D eigenvalue weighted by Crippen LogP contribution is 2.35. The summed E-state index contributed by atoms with van der Waals surface area (Å²) in [7, 11) is 0. The number of nitrogens with one attached hydrogen (secondary N) is 1. The molecule has 4 aromatic rings. The number of benzene rings is 3. The van der Waals surface area contributed by atoms with Crippen LogP contribution in [0.1, 0.15) is 25.1 Å². The molecular formula is C28H24BrClN6O3. The Bertz CT molecular complexity index is 1670. The fraction of sp³-hybridized carbons (Fsp3) is 0.250. The summed E-state index contributed by atoms with van der Waals surface area (Å²) < 4.78 is 2.41. The van der Waals surface area contributed by atoms with Gasteiger partial charge in [0.05, 0.1) is 22.6 Å². The topological polar surface area (TPSA) is 100 Å².